The third-order valence-corrected chi connectivity index (χ3v) is 3.25. The van der Waals surface area contributed by atoms with Gasteiger partial charge in [0.15, 0.2) is 0 Å². The van der Waals surface area contributed by atoms with Crippen molar-refractivity contribution < 1.29 is 9.53 Å². The topological polar surface area (TPSA) is 41.6 Å². The molecule has 1 fully saturated rings. The van der Waals surface area contributed by atoms with E-state index in [1.165, 1.54) is 0 Å². The lowest BCUT2D eigenvalue weighted by Gasteiger charge is -2.29. The minimum Gasteiger partial charge on any atom is -0.383 e. The number of hydrogen-bond donors (Lipinski definition) is 1. The molecule has 4 heteroatoms. The Kier molecular flexibility index (Phi) is 4.74. The van der Waals surface area contributed by atoms with Crippen molar-refractivity contribution >= 4 is 5.91 Å². The molecule has 1 rings (SSSR count). The van der Waals surface area contributed by atoms with E-state index in [0.29, 0.717) is 12.5 Å². The number of carbonyl (C=O) groups excluding carboxylic acids is 1. The van der Waals surface area contributed by atoms with Gasteiger partial charge in [-0.25, -0.2) is 0 Å². The Bertz CT molecular complexity index is 243. The van der Waals surface area contributed by atoms with Crippen LogP contribution in [0.5, 0.6) is 0 Å². The summed E-state index contributed by atoms with van der Waals surface area (Å²) in [6, 6.07) is 0.143. The van der Waals surface area contributed by atoms with Crippen molar-refractivity contribution in [3.8, 4) is 0 Å². The van der Waals surface area contributed by atoms with Crippen molar-refractivity contribution in [3.63, 3.8) is 0 Å². The average Bonchev–Trinajstić information content (AvgIpc) is 2.52. The van der Waals surface area contributed by atoms with Crippen LogP contribution in [0.4, 0.5) is 0 Å². The van der Waals surface area contributed by atoms with Crippen LogP contribution in [-0.4, -0.2) is 42.8 Å². The van der Waals surface area contributed by atoms with Crippen LogP contribution in [0.3, 0.4) is 0 Å². The molecule has 3 atom stereocenters. The second-order valence-electron chi connectivity index (χ2n) is 4.83. The normalized spacial score (nSPS) is 27.9. The van der Waals surface area contributed by atoms with Gasteiger partial charge >= 0.3 is 0 Å². The molecule has 1 amide bonds. The van der Waals surface area contributed by atoms with Crippen LogP contribution in [-0.2, 0) is 9.53 Å². The van der Waals surface area contributed by atoms with Gasteiger partial charge in [-0.05, 0) is 19.3 Å². The molecule has 1 N–H and O–H groups in total. The van der Waals surface area contributed by atoms with Gasteiger partial charge < -0.3 is 9.64 Å². The molecule has 0 spiro atoms. The first kappa shape index (κ1) is 13.5. The van der Waals surface area contributed by atoms with E-state index in [-0.39, 0.29) is 24.2 Å². The zero-order valence-electron chi connectivity index (χ0n) is 11.0. The van der Waals surface area contributed by atoms with E-state index in [0.717, 1.165) is 6.42 Å². The predicted molar refractivity (Wildman–Crippen MR) is 64.0 cm³/mol. The van der Waals surface area contributed by atoms with Crippen molar-refractivity contribution in [1.29, 1.82) is 0 Å². The van der Waals surface area contributed by atoms with Crippen LogP contribution in [0.2, 0.25) is 0 Å². The van der Waals surface area contributed by atoms with Gasteiger partial charge in [-0.3, -0.25) is 10.1 Å². The molecule has 1 aliphatic heterocycles. The number of nitrogens with zero attached hydrogens (tertiary/aromatic N) is 1. The van der Waals surface area contributed by atoms with E-state index in [2.05, 4.69) is 26.1 Å². The second-order valence-corrected chi connectivity index (χ2v) is 4.83. The number of nitrogens with one attached hydrogen (secondary N) is 1. The van der Waals surface area contributed by atoms with E-state index in [1.54, 1.807) is 7.11 Å². The van der Waals surface area contributed by atoms with Crippen molar-refractivity contribution in [2.45, 2.75) is 52.4 Å². The summed E-state index contributed by atoms with van der Waals surface area (Å²) < 4.78 is 5.18. The Labute approximate surface area is 98.3 Å². The average molecular weight is 228 g/mol. The number of carbonyl (C=O) groups is 1. The maximum absolute atomic E-state index is 12.2. The molecule has 16 heavy (non-hydrogen) atoms. The number of rotatable bonds is 5. The summed E-state index contributed by atoms with van der Waals surface area (Å²) in [6.45, 7) is 8.89. The maximum Gasteiger partial charge on any atom is 0.241 e. The highest BCUT2D eigenvalue weighted by Crippen LogP contribution is 2.20. The van der Waals surface area contributed by atoms with E-state index < -0.39 is 0 Å². The highest BCUT2D eigenvalue weighted by Gasteiger charge is 2.40. The summed E-state index contributed by atoms with van der Waals surface area (Å²) in [6.07, 6.45) is 1.04. The fraction of sp³-hybridized carbons (Fsp3) is 0.917. The quantitative estimate of drug-likeness (QED) is 0.769. The largest absolute Gasteiger partial charge is 0.383 e. The molecule has 94 valence electrons. The van der Waals surface area contributed by atoms with Gasteiger partial charge in [-0.1, -0.05) is 20.8 Å². The zero-order chi connectivity index (χ0) is 12.3. The Balaban J connectivity index is 2.76. The van der Waals surface area contributed by atoms with E-state index in [4.69, 9.17) is 4.74 Å². The SMILES string of the molecule is CCC(COC)N1C(=O)C(C(C)C)NC1C. The molecule has 0 saturated carbocycles. The van der Waals surface area contributed by atoms with Gasteiger partial charge in [0.1, 0.15) is 0 Å². The predicted octanol–water partition coefficient (Wildman–Crippen LogP) is 1.21. The third kappa shape index (κ3) is 2.55. The van der Waals surface area contributed by atoms with Gasteiger partial charge in [0.2, 0.25) is 5.91 Å². The van der Waals surface area contributed by atoms with Gasteiger partial charge in [0, 0.05) is 7.11 Å². The summed E-state index contributed by atoms with van der Waals surface area (Å²) in [5.74, 6) is 0.548. The van der Waals surface area contributed by atoms with Crippen LogP contribution in [0.15, 0.2) is 0 Å². The molecule has 0 bridgehead atoms. The molecule has 1 saturated heterocycles. The molecule has 1 heterocycles. The van der Waals surface area contributed by atoms with Crippen LogP contribution < -0.4 is 5.32 Å². The van der Waals surface area contributed by atoms with Crippen molar-refractivity contribution in [3.05, 3.63) is 0 Å². The van der Waals surface area contributed by atoms with Crippen LogP contribution in [0.1, 0.15) is 34.1 Å². The summed E-state index contributed by atoms with van der Waals surface area (Å²) in [4.78, 5) is 14.2. The fourth-order valence-corrected chi connectivity index (χ4v) is 2.32. The molecule has 0 aromatic carbocycles. The first-order valence-corrected chi connectivity index (χ1v) is 6.10. The van der Waals surface area contributed by atoms with Crippen LogP contribution >= 0.6 is 0 Å². The van der Waals surface area contributed by atoms with E-state index >= 15 is 0 Å². The highest BCUT2D eigenvalue weighted by atomic mass is 16.5. The van der Waals surface area contributed by atoms with E-state index in [9.17, 15) is 4.79 Å². The minimum atomic E-state index is -0.0408. The van der Waals surface area contributed by atoms with Gasteiger partial charge in [0.25, 0.3) is 0 Å². The molecule has 4 nitrogen and oxygen atoms in total. The molecule has 3 unspecified atom stereocenters. The summed E-state index contributed by atoms with van der Waals surface area (Å²) >= 11 is 0. The number of amides is 1. The first-order chi connectivity index (χ1) is 7.52. The molecule has 0 aromatic heterocycles. The number of ether oxygens (including phenoxy) is 1. The monoisotopic (exact) mass is 228 g/mol. The van der Waals surface area contributed by atoms with Crippen molar-refractivity contribution in [1.82, 2.24) is 10.2 Å². The lowest BCUT2D eigenvalue weighted by atomic mass is 10.0. The fourth-order valence-electron chi connectivity index (χ4n) is 2.32. The second kappa shape index (κ2) is 5.64. The molecule has 0 aliphatic carbocycles. The maximum atomic E-state index is 12.2. The van der Waals surface area contributed by atoms with Crippen molar-refractivity contribution in [2.24, 2.45) is 5.92 Å². The smallest absolute Gasteiger partial charge is 0.241 e. The Morgan fingerprint density at radius 1 is 1.50 bits per heavy atom. The molecular formula is C12H24N2O2. The van der Waals surface area contributed by atoms with Gasteiger partial charge in [-0.15, -0.1) is 0 Å². The summed E-state index contributed by atoms with van der Waals surface area (Å²) in [5.41, 5.74) is 0. The Morgan fingerprint density at radius 2 is 2.12 bits per heavy atom. The number of hydrogen-bond acceptors (Lipinski definition) is 3. The zero-order valence-corrected chi connectivity index (χ0v) is 11.0. The van der Waals surface area contributed by atoms with Gasteiger partial charge in [0.05, 0.1) is 24.9 Å². The lowest BCUT2D eigenvalue weighted by molar-refractivity contribution is -0.133. The van der Waals surface area contributed by atoms with Crippen LogP contribution in [0, 0.1) is 5.92 Å². The molecular weight excluding hydrogens is 204 g/mol. The molecule has 1 aliphatic rings. The van der Waals surface area contributed by atoms with Crippen molar-refractivity contribution in [2.75, 3.05) is 13.7 Å². The summed E-state index contributed by atoms with van der Waals surface area (Å²) in [7, 11) is 1.68. The van der Waals surface area contributed by atoms with E-state index in [1.807, 2.05) is 11.8 Å². The molecule has 0 aromatic rings. The van der Waals surface area contributed by atoms with Crippen LogP contribution in [0.25, 0.3) is 0 Å². The Hall–Kier alpha value is -0.610. The lowest BCUT2D eigenvalue weighted by Crippen LogP contribution is -2.45. The summed E-state index contributed by atoms with van der Waals surface area (Å²) in [5, 5.41) is 3.35. The minimum absolute atomic E-state index is 0.0408. The third-order valence-electron chi connectivity index (χ3n) is 3.25. The highest BCUT2D eigenvalue weighted by molar-refractivity contribution is 5.84. The first-order valence-electron chi connectivity index (χ1n) is 6.10. The Morgan fingerprint density at radius 3 is 2.50 bits per heavy atom. The number of methoxy groups -OCH3 is 1. The molecule has 0 radical (unpaired) electrons. The standard InChI is InChI=1S/C12H24N2O2/c1-6-10(7-16-5)14-9(4)13-11(8(2)3)12(14)15/h8-11,13H,6-7H2,1-5H3. The van der Waals surface area contributed by atoms with Gasteiger partial charge in [-0.2, -0.15) is 0 Å².